The number of carbonyl (C=O) groups is 1. The van der Waals surface area contributed by atoms with Gasteiger partial charge in [-0.05, 0) is 26.3 Å². The van der Waals surface area contributed by atoms with Crippen molar-refractivity contribution in [1.29, 1.82) is 0 Å². The molecule has 1 atom stereocenters. The van der Waals surface area contributed by atoms with Crippen LogP contribution < -0.4 is 11.1 Å². The molecular weight excluding hydrogens is 202 g/mol. The molecule has 0 fully saturated rings. The summed E-state index contributed by atoms with van der Waals surface area (Å²) < 4.78 is 0. The average Bonchev–Trinajstić information content (AvgIpc) is 1.99. The number of rotatable bonds is 5. The van der Waals surface area contributed by atoms with E-state index in [0.29, 0.717) is 13.1 Å². The van der Waals surface area contributed by atoms with Gasteiger partial charge in [0.25, 0.3) is 0 Å². The van der Waals surface area contributed by atoms with E-state index >= 15 is 0 Å². The van der Waals surface area contributed by atoms with Gasteiger partial charge < -0.3 is 11.1 Å². The van der Waals surface area contributed by atoms with Gasteiger partial charge in [-0.15, -0.1) is 0 Å². The van der Waals surface area contributed by atoms with E-state index in [2.05, 4.69) is 26.1 Å². The van der Waals surface area contributed by atoms with Crippen molar-refractivity contribution in [2.45, 2.75) is 46.7 Å². The fourth-order valence-electron chi connectivity index (χ4n) is 1.90. The maximum absolute atomic E-state index is 11.6. The van der Waals surface area contributed by atoms with Crippen LogP contribution in [0.5, 0.6) is 0 Å². The molecule has 96 valence electrons. The smallest absolute Gasteiger partial charge is 0.234 e. The second-order valence-corrected chi connectivity index (χ2v) is 5.75. The molecule has 0 aliphatic heterocycles. The molecule has 0 aromatic heterocycles. The molecule has 0 heterocycles. The highest BCUT2D eigenvalue weighted by atomic mass is 16.2. The largest absolute Gasteiger partial charge is 0.353 e. The van der Waals surface area contributed by atoms with Crippen molar-refractivity contribution in [3.05, 3.63) is 0 Å². The van der Waals surface area contributed by atoms with Crippen LogP contribution in [0, 0.1) is 5.41 Å². The minimum Gasteiger partial charge on any atom is -0.353 e. The van der Waals surface area contributed by atoms with E-state index in [0.717, 1.165) is 0 Å². The molecule has 4 heteroatoms. The molecule has 0 radical (unpaired) electrons. The number of nitrogens with zero attached hydrogens (tertiary/aromatic N) is 1. The highest BCUT2D eigenvalue weighted by Gasteiger charge is 2.27. The van der Waals surface area contributed by atoms with Crippen molar-refractivity contribution >= 4 is 5.91 Å². The normalized spacial score (nSPS) is 14.3. The van der Waals surface area contributed by atoms with E-state index in [1.54, 1.807) is 0 Å². The molecule has 0 saturated heterocycles. The second kappa shape index (κ2) is 6.21. The summed E-state index contributed by atoms with van der Waals surface area (Å²) in [5, 5.41) is 2.88. The summed E-state index contributed by atoms with van der Waals surface area (Å²) in [6, 6.07) is 0.400. The molecular formula is C12H27N3O. The molecule has 0 spiro atoms. The van der Waals surface area contributed by atoms with E-state index in [4.69, 9.17) is 5.73 Å². The number of nitrogens with two attached hydrogens (primary N) is 1. The van der Waals surface area contributed by atoms with E-state index in [-0.39, 0.29) is 23.4 Å². The van der Waals surface area contributed by atoms with Crippen LogP contribution in [0.25, 0.3) is 0 Å². The summed E-state index contributed by atoms with van der Waals surface area (Å²) in [7, 11) is 1.95. The van der Waals surface area contributed by atoms with Crippen molar-refractivity contribution < 1.29 is 4.79 Å². The van der Waals surface area contributed by atoms with Crippen molar-refractivity contribution in [3.63, 3.8) is 0 Å². The Kier molecular flexibility index (Phi) is 5.97. The zero-order valence-electron chi connectivity index (χ0n) is 11.5. The molecule has 1 amide bonds. The predicted octanol–water partition coefficient (Wildman–Crippen LogP) is 0.816. The van der Waals surface area contributed by atoms with Crippen LogP contribution in [0.1, 0.15) is 34.6 Å². The third kappa shape index (κ3) is 5.47. The lowest BCUT2D eigenvalue weighted by Crippen LogP contribution is -2.50. The number of likely N-dealkylation sites (N-methyl/N-ethyl adjacent to an activating group) is 1. The molecule has 1 unspecified atom stereocenters. The van der Waals surface area contributed by atoms with Crippen molar-refractivity contribution in [1.82, 2.24) is 10.2 Å². The second-order valence-electron chi connectivity index (χ2n) is 5.75. The lowest BCUT2D eigenvalue weighted by molar-refractivity contribution is -0.123. The van der Waals surface area contributed by atoms with Gasteiger partial charge in [-0.1, -0.05) is 20.8 Å². The highest BCUT2D eigenvalue weighted by molar-refractivity contribution is 5.78. The van der Waals surface area contributed by atoms with Crippen LogP contribution in [0.4, 0.5) is 0 Å². The Morgan fingerprint density at radius 2 is 1.88 bits per heavy atom. The van der Waals surface area contributed by atoms with E-state index in [9.17, 15) is 4.79 Å². The Hall–Kier alpha value is -0.610. The zero-order valence-corrected chi connectivity index (χ0v) is 11.5. The zero-order chi connectivity index (χ0) is 12.9. The third-order valence-corrected chi connectivity index (χ3v) is 2.60. The Labute approximate surface area is 99.6 Å². The molecule has 16 heavy (non-hydrogen) atoms. The van der Waals surface area contributed by atoms with Gasteiger partial charge >= 0.3 is 0 Å². The summed E-state index contributed by atoms with van der Waals surface area (Å²) in [6.45, 7) is 11.3. The topological polar surface area (TPSA) is 58.4 Å². The maximum Gasteiger partial charge on any atom is 0.234 e. The van der Waals surface area contributed by atoms with Gasteiger partial charge in [-0.25, -0.2) is 0 Å². The van der Waals surface area contributed by atoms with Gasteiger partial charge in [0, 0.05) is 18.6 Å². The highest BCUT2D eigenvalue weighted by Crippen LogP contribution is 2.22. The minimum absolute atomic E-state index is 0.0557. The van der Waals surface area contributed by atoms with Crippen LogP contribution >= 0.6 is 0 Å². The predicted molar refractivity (Wildman–Crippen MR) is 68.2 cm³/mol. The van der Waals surface area contributed by atoms with Crippen molar-refractivity contribution in [2.24, 2.45) is 11.1 Å². The summed E-state index contributed by atoms with van der Waals surface area (Å²) in [5.41, 5.74) is 5.85. The van der Waals surface area contributed by atoms with Gasteiger partial charge in [-0.3, -0.25) is 9.69 Å². The maximum atomic E-state index is 11.6. The van der Waals surface area contributed by atoms with Crippen molar-refractivity contribution in [3.8, 4) is 0 Å². The van der Waals surface area contributed by atoms with Crippen LogP contribution in [-0.2, 0) is 4.79 Å². The molecule has 0 rings (SSSR count). The summed E-state index contributed by atoms with van der Waals surface area (Å²) in [6.07, 6.45) is 0. The van der Waals surface area contributed by atoms with Gasteiger partial charge in [-0.2, -0.15) is 0 Å². The molecule has 0 saturated carbocycles. The summed E-state index contributed by atoms with van der Waals surface area (Å²) >= 11 is 0. The van der Waals surface area contributed by atoms with Crippen LogP contribution in [-0.4, -0.2) is 43.0 Å². The lowest BCUT2D eigenvalue weighted by Gasteiger charge is -2.37. The van der Waals surface area contributed by atoms with Crippen LogP contribution in [0.15, 0.2) is 0 Å². The first kappa shape index (κ1) is 15.4. The van der Waals surface area contributed by atoms with Crippen LogP contribution in [0.3, 0.4) is 0 Å². The number of hydrogen-bond donors (Lipinski definition) is 2. The lowest BCUT2D eigenvalue weighted by atomic mass is 9.86. The summed E-state index contributed by atoms with van der Waals surface area (Å²) in [4.78, 5) is 13.6. The monoisotopic (exact) mass is 229 g/mol. The van der Waals surface area contributed by atoms with Gasteiger partial charge in [0.2, 0.25) is 5.91 Å². The Morgan fingerprint density at radius 1 is 1.38 bits per heavy atom. The number of carbonyl (C=O) groups excluding carboxylic acids is 1. The molecule has 4 nitrogen and oxygen atoms in total. The first-order chi connectivity index (χ1) is 7.18. The summed E-state index contributed by atoms with van der Waals surface area (Å²) in [5.74, 6) is 0.0557. The van der Waals surface area contributed by atoms with Gasteiger partial charge in [0.15, 0.2) is 0 Å². The minimum atomic E-state index is 0.0557. The Balaban J connectivity index is 4.32. The average molecular weight is 229 g/mol. The Bertz CT molecular complexity index is 221. The first-order valence-electron chi connectivity index (χ1n) is 5.88. The number of amides is 1. The van der Waals surface area contributed by atoms with Gasteiger partial charge in [0.1, 0.15) is 0 Å². The fourth-order valence-corrected chi connectivity index (χ4v) is 1.90. The molecule has 0 aliphatic rings. The SMILES string of the molecule is CC(C)NC(=O)CN(C)C(CN)C(C)(C)C. The molecule has 0 aromatic rings. The number of nitrogens with one attached hydrogen (secondary N) is 1. The molecule has 3 N–H and O–H groups in total. The molecule has 0 aliphatic carbocycles. The number of hydrogen-bond acceptors (Lipinski definition) is 3. The third-order valence-electron chi connectivity index (χ3n) is 2.60. The first-order valence-corrected chi connectivity index (χ1v) is 5.88. The van der Waals surface area contributed by atoms with E-state index in [1.165, 1.54) is 0 Å². The van der Waals surface area contributed by atoms with Crippen LogP contribution in [0.2, 0.25) is 0 Å². The van der Waals surface area contributed by atoms with Crippen molar-refractivity contribution in [2.75, 3.05) is 20.1 Å². The van der Waals surface area contributed by atoms with Gasteiger partial charge in [0.05, 0.1) is 6.54 Å². The molecule has 0 bridgehead atoms. The standard InChI is InChI=1S/C12H27N3O/c1-9(2)14-11(16)8-15(6)10(7-13)12(3,4)5/h9-10H,7-8,13H2,1-6H3,(H,14,16). The Morgan fingerprint density at radius 3 is 2.19 bits per heavy atom. The fraction of sp³-hybridized carbons (Fsp3) is 0.917. The van der Waals surface area contributed by atoms with E-state index in [1.807, 2.05) is 25.8 Å². The van der Waals surface area contributed by atoms with E-state index < -0.39 is 0 Å². The quantitative estimate of drug-likeness (QED) is 0.733. The molecule has 0 aromatic carbocycles.